The van der Waals surface area contributed by atoms with Crippen LogP contribution in [0.5, 0.6) is 0 Å². The molecule has 24 heavy (non-hydrogen) atoms. The van der Waals surface area contributed by atoms with Crippen LogP contribution in [0, 0.1) is 0 Å². The molecule has 0 unspecified atom stereocenters. The average molecular weight is 445 g/mol. The van der Waals surface area contributed by atoms with Gasteiger partial charge in [0, 0.05) is 26.6 Å². The molecule has 1 aromatic carbocycles. The molecular weight excluding hydrogens is 417 g/mol. The molecule has 2 aromatic rings. The zero-order chi connectivity index (χ0) is 16.7. The van der Waals surface area contributed by atoms with Gasteiger partial charge in [0.15, 0.2) is 5.96 Å². The van der Waals surface area contributed by atoms with Crippen LogP contribution in [0.3, 0.4) is 0 Å². The van der Waals surface area contributed by atoms with Gasteiger partial charge in [-0.1, -0.05) is 12.1 Å². The zero-order valence-electron chi connectivity index (χ0n) is 14.8. The first-order chi connectivity index (χ1) is 11.0. The molecule has 1 heterocycles. The van der Waals surface area contributed by atoms with Gasteiger partial charge in [-0.2, -0.15) is 0 Å². The highest BCUT2D eigenvalue weighted by atomic mass is 127. The number of benzene rings is 1. The summed E-state index contributed by atoms with van der Waals surface area (Å²) < 4.78 is 5.40. The average Bonchev–Trinajstić information content (AvgIpc) is 2.95. The molecule has 0 saturated heterocycles. The van der Waals surface area contributed by atoms with Crippen LogP contribution < -0.4 is 10.6 Å². The van der Waals surface area contributed by atoms with Crippen LogP contribution >= 0.6 is 24.0 Å². The molecule has 3 N–H and O–H groups in total. The van der Waals surface area contributed by atoms with Crippen molar-refractivity contribution >= 4 is 41.0 Å². The van der Waals surface area contributed by atoms with Crippen LogP contribution in [0.4, 0.5) is 0 Å². The highest BCUT2D eigenvalue weighted by Crippen LogP contribution is 2.10. The summed E-state index contributed by atoms with van der Waals surface area (Å²) in [6.07, 6.45) is 0.812. The quantitative estimate of drug-likeness (QED) is 0.348. The van der Waals surface area contributed by atoms with E-state index in [9.17, 15) is 0 Å². The van der Waals surface area contributed by atoms with E-state index in [0.29, 0.717) is 6.54 Å². The highest BCUT2D eigenvalue weighted by Gasteiger charge is 2.15. The molecule has 7 heteroatoms. The zero-order valence-corrected chi connectivity index (χ0v) is 17.2. The van der Waals surface area contributed by atoms with E-state index in [4.69, 9.17) is 4.74 Å². The predicted molar refractivity (Wildman–Crippen MR) is 110 cm³/mol. The maximum Gasteiger partial charge on any atom is 0.191 e. The van der Waals surface area contributed by atoms with Gasteiger partial charge in [0.1, 0.15) is 5.82 Å². The van der Waals surface area contributed by atoms with Crippen molar-refractivity contribution in [1.82, 2.24) is 20.6 Å². The third-order valence-electron chi connectivity index (χ3n) is 3.61. The second-order valence-corrected chi connectivity index (χ2v) is 6.04. The molecule has 0 aliphatic heterocycles. The first-order valence-corrected chi connectivity index (χ1v) is 8.05. The first kappa shape index (κ1) is 20.7. The van der Waals surface area contributed by atoms with E-state index in [1.807, 2.05) is 38.1 Å². The Morgan fingerprint density at radius 2 is 2.04 bits per heavy atom. The fraction of sp³-hybridized carbons (Fsp3) is 0.529. The topological polar surface area (TPSA) is 74.3 Å². The standard InChI is InChI=1S/C17H27N5O.HI/c1-5-18-16(20-12-17(2,3)23-4)19-11-10-15-21-13-8-6-7-9-14(13)22-15;/h6-9H,5,10-12H2,1-4H3,(H,21,22)(H2,18,19,20);1H. The Hall–Kier alpha value is -1.35. The number of para-hydroxylation sites is 2. The third kappa shape index (κ3) is 6.27. The largest absolute Gasteiger partial charge is 0.377 e. The van der Waals surface area contributed by atoms with Gasteiger partial charge >= 0.3 is 0 Å². The maximum absolute atomic E-state index is 5.40. The van der Waals surface area contributed by atoms with Crippen molar-refractivity contribution < 1.29 is 4.74 Å². The molecule has 0 aliphatic carbocycles. The van der Waals surface area contributed by atoms with Crippen LogP contribution in [0.15, 0.2) is 29.3 Å². The second-order valence-electron chi connectivity index (χ2n) is 6.04. The Kier molecular flexibility index (Phi) is 8.47. The fourth-order valence-corrected chi connectivity index (χ4v) is 2.10. The molecule has 0 radical (unpaired) electrons. The molecule has 0 atom stereocenters. The summed E-state index contributed by atoms with van der Waals surface area (Å²) in [5, 5.41) is 6.58. The van der Waals surface area contributed by atoms with Gasteiger partial charge in [0.25, 0.3) is 0 Å². The number of hydrogen-bond acceptors (Lipinski definition) is 3. The van der Waals surface area contributed by atoms with Gasteiger partial charge in [-0.25, -0.2) is 4.98 Å². The van der Waals surface area contributed by atoms with E-state index in [1.54, 1.807) is 7.11 Å². The van der Waals surface area contributed by atoms with Crippen molar-refractivity contribution in [3.8, 4) is 0 Å². The SMILES string of the molecule is CCNC(=NCC(C)(C)OC)NCCc1nc2ccccc2[nH]1.I. The Bertz CT molecular complexity index is 620. The molecular formula is C17H28IN5O. The molecule has 0 saturated carbocycles. The fourth-order valence-electron chi connectivity index (χ4n) is 2.10. The molecule has 0 spiro atoms. The minimum absolute atomic E-state index is 0. The number of hydrogen-bond donors (Lipinski definition) is 3. The van der Waals surface area contributed by atoms with E-state index in [1.165, 1.54) is 0 Å². The molecule has 0 amide bonds. The Labute approximate surface area is 160 Å². The summed E-state index contributed by atoms with van der Waals surface area (Å²) >= 11 is 0. The molecule has 2 rings (SSSR count). The van der Waals surface area contributed by atoms with Crippen LogP contribution in [-0.2, 0) is 11.2 Å². The predicted octanol–water partition coefficient (Wildman–Crippen LogP) is 2.70. The van der Waals surface area contributed by atoms with Gasteiger partial charge in [-0.15, -0.1) is 24.0 Å². The summed E-state index contributed by atoms with van der Waals surface area (Å²) in [5.74, 6) is 1.78. The van der Waals surface area contributed by atoms with Crippen LogP contribution in [0.1, 0.15) is 26.6 Å². The Morgan fingerprint density at radius 3 is 2.71 bits per heavy atom. The Morgan fingerprint density at radius 1 is 1.29 bits per heavy atom. The van der Waals surface area contributed by atoms with Crippen molar-refractivity contribution in [3.63, 3.8) is 0 Å². The van der Waals surface area contributed by atoms with Crippen molar-refractivity contribution in [2.75, 3.05) is 26.7 Å². The number of ether oxygens (including phenoxy) is 1. The molecule has 6 nitrogen and oxygen atoms in total. The highest BCUT2D eigenvalue weighted by molar-refractivity contribution is 14.0. The number of imidazole rings is 1. The van der Waals surface area contributed by atoms with Crippen molar-refractivity contribution in [2.24, 2.45) is 4.99 Å². The smallest absolute Gasteiger partial charge is 0.191 e. The normalized spacial score (nSPS) is 12.1. The summed E-state index contributed by atoms with van der Waals surface area (Å²) in [6, 6.07) is 8.06. The van der Waals surface area contributed by atoms with Gasteiger partial charge in [0.2, 0.25) is 0 Å². The lowest BCUT2D eigenvalue weighted by atomic mass is 10.1. The van der Waals surface area contributed by atoms with Crippen LogP contribution in [0.2, 0.25) is 0 Å². The van der Waals surface area contributed by atoms with E-state index in [0.717, 1.165) is 42.3 Å². The molecule has 1 aromatic heterocycles. The number of aromatic amines is 1. The second kappa shape index (κ2) is 9.83. The maximum atomic E-state index is 5.40. The van der Waals surface area contributed by atoms with Crippen molar-refractivity contribution in [2.45, 2.75) is 32.8 Å². The number of halogens is 1. The number of aromatic nitrogens is 2. The Balaban J connectivity index is 0.00000288. The minimum atomic E-state index is -0.263. The molecule has 0 bridgehead atoms. The van der Waals surface area contributed by atoms with E-state index in [2.05, 4.69) is 32.5 Å². The number of guanidine groups is 1. The lowest BCUT2D eigenvalue weighted by molar-refractivity contribution is 0.0310. The van der Waals surface area contributed by atoms with Crippen molar-refractivity contribution in [3.05, 3.63) is 30.1 Å². The number of aliphatic imine (C=N–C) groups is 1. The number of nitrogens with one attached hydrogen (secondary N) is 3. The lowest BCUT2D eigenvalue weighted by Crippen LogP contribution is -2.40. The minimum Gasteiger partial charge on any atom is -0.377 e. The van der Waals surface area contributed by atoms with Crippen molar-refractivity contribution in [1.29, 1.82) is 0 Å². The van der Waals surface area contributed by atoms with Gasteiger partial charge < -0.3 is 20.4 Å². The van der Waals surface area contributed by atoms with E-state index in [-0.39, 0.29) is 29.6 Å². The number of fused-ring (bicyclic) bond motifs is 1. The van der Waals surface area contributed by atoms with Crippen LogP contribution in [0.25, 0.3) is 11.0 Å². The summed E-state index contributed by atoms with van der Waals surface area (Å²) in [4.78, 5) is 12.5. The molecule has 0 aliphatic rings. The van der Waals surface area contributed by atoms with E-state index >= 15 is 0 Å². The summed E-state index contributed by atoms with van der Waals surface area (Å²) in [5.41, 5.74) is 1.82. The monoisotopic (exact) mass is 445 g/mol. The first-order valence-electron chi connectivity index (χ1n) is 8.05. The summed E-state index contributed by atoms with van der Waals surface area (Å²) in [7, 11) is 1.71. The van der Waals surface area contributed by atoms with E-state index < -0.39 is 0 Å². The number of nitrogens with zero attached hydrogens (tertiary/aromatic N) is 2. The number of rotatable bonds is 7. The molecule has 0 fully saturated rings. The third-order valence-corrected chi connectivity index (χ3v) is 3.61. The summed E-state index contributed by atoms with van der Waals surface area (Å²) in [6.45, 7) is 8.28. The van der Waals surface area contributed by atoms with Gasteiger partial charge in [-0.05, 0) is 32.9 Å². The van der Waals surface area contributed by atoms with Gasteiger partial charge in [-0.3, -0.25) is 4.99 Å². The number of H-pyrrole nitrogens is 1. The van der Waals surface area contributed by atoms with Crippen LogP contribution in [-0.4, -0.2) is 48.3 Å². The lowest BCUT2D eigenvalue weighted by Gasteiger charge is -2.21. The number of methoxy groups -OCH3 is 1. The van der Waals surface area contributed by atoms with Gasteiger partial charge in [0.05, 0.1) is 23.2 Å². The molecule has 134 valence electrons.